The van der Waals surface area contributed by atoms with Gasteiger partial charge in [0.2, 0.25) is 5.91 Å². The van der Waals surface area contributed by atoms with Crippen LogP contribution in [0.15, 0.2) is 65.6 Å². The Morgan fingerprint density at radius 2 is 1.65 bits per heavy atom. The molecule has 9 nitrogen and oxygen atoms in total. The van der Waals surface area contributed by atoms with E-state index in [4.69, 9.17) is 33.0 Å². The summed E-state index contributed by atoms with van der Waals surface area (Å²) >= 11 is 12.3. The number of aromatic hydroxyl groups is 1. The quantitative estimate of drug-likeness (QED) is 0.277. The van der Waals surface area contributed by atoms with Gasteiger partial charge >= 0.3 is 5.97 Å². The highest BCUT2D eigenvalue weighted by Gasteiger charge is 2.29. The maximum Gasteiger partial charge on any atom is 0.312 e. The lowest BCUT2D eigenvalue weighted by Gasteiger charge is -2.16. The van der Waals surface area contributed by atoms with Crippen LogP contribution in [0.2, 0.25) is 10.0 Å². The zero-order valence-corrected chi connectivity index (χ0v) is 19.2. The lowest BCUT2D eigenvalue weighted by Crippen LogP contribution is -2.22. The summed E-state index contributed by atoms with van der Waals surface area (Å²) in [6.07, 6.45) is -0.771. The Balaban J connectivity index is 1.89. The van der Waals surface area contributed by atoms with Gasteiger partial charge in [0.25, 0.3) is 10.0 Å². The molecule has 0 heterocycles. The summed E-state index contributed by atoms with van der Waals surface area (Å²) in [4.78, 5) is 21.5. The predicted molar refractivity (Wildman–Crippen MR) is 123 cm³/mol. The van der Waals surface area contributed by atoms with Crippen LogP contribution in [-0.2, 0) is 19.6 Å². The molecule has 3 aromatic carbocycles. The first-order chi connectivity index (χ1) is 16.0. The number of phenolic OH excluding ortho intramolecular Hbond substituents is 1. The molecule has 3 rings (SSSR count). The van der Waals surface area contributed by atoms with Crippen molar-refractivity contribution in [1.29, 1.82) is 0 Å². The normalized spacial score (nSPS) is 11.0. The monoisotopic (exact) mass is 528 g/mol. The molecule has 13 heteroatoms. The van der Waals surface area contributed by atoms with Gasteiger partial charge in [-0.15, -0.1) is 0 Å². The van der Waals surface area contributed by atoms with E-state index in [1.807, 2.05) is 0 Å². The van der Waals surface area contributed by atoms with Gasteiger partial charge < -0.3 is 20.3 Å². The van der Waals surface area contributed by atoms with Gasteiger partial charge in [0.15, 0.2) is 5.75 Å². The summed E-state index contributed by atoms with van der Waals surface area (Å²) in [6, 6.07) is 12.5. The lowest BCUT2D eigenvalue weighted by atomic mass is 10.2. The fourth-order valence-electron chi connectivity index (χ4n) is 2.72. The van der Waals surface area contributed by atoms with E-state index in [-0.39, 0.29) is 32.9 Å². The highest BCUT2D eigenvalue weighted by Crippen LogP contribution is 2.40. The highest BCUT2D eigenvalue weighted by atomic mass is 35.5. The molecule has 0 fully saturated rings. The Labute approximate surface area is 202 Å². The number of nitrogens with zero attached hydrogens (tertiary/aromatic N) is 1. The molecule has 0 aliphatic heterocycles. The van der Waals surface area contributed by atoms with E-state index < -0.39 is 43.5 Å². The number of para-hydroxylation sites is 1. The van der Waals surface area contributed by atoms with E-state index in [2.05, 4.69) is 5.32 Å². The standard InChI is InChI=1S/C21H15Cl2FN2O7S/c22-15-8-12(25-19(28)11-20(29)30)9-16(23)21(15)33-14-6-7-17(27)18(10-14)34(31,32)26(24)13-4-2-1-3-5-13/h1-10,27H,11H2,(H,25,28)(H,29,30). The van der Waals surface area contributed by atoms with Crippen molar-refractivity contribution in [2.75, 3.05) is 9.84 Å². The number of nitrogens with one attached hydrogen (secondary N) is 1. The molecule has 34 heavy (non-hydrogen) atoms. The van der Waals surface area contributed by atoms with E-state index in [1.165, 1.54) is 42.5 Å². The van der Waals surface area contributed by atoms with Gasteiger partial charge in [-0.3, -0.25) is 9.59 Å². The molecule has 3 aromatic rings. The van der Waals surface area contributed by atoms with Crippen molar-refractivity contribution in [2.24, 2.45) is 0 Å². The summed E-state index contributed by atoms with van der Waals surface area (Å²) in [5.41, 5.74) is -0.182. The van der Waals surface area contributed by atoms with Gasteiger partial charge in [-0.05, 0) is 36.4 Å². The molecule has 178 valence electrons. The number of carbonyl (C=O) groups excluding carboxylic acids is 1. The van der Waals surface area contributed by atoms with Gasteiger partial charge in [0.1, 0.15) is 22.8 Å². The number of aliphatic carboxylic acids is 1. The summed E-state index contributed by atoms with van der Waals surface area (Å²) in [5.74, 6) is -3.14. The number of anilines is 2. The zero-order chi connectivity index (χ0) is 25.0. The van der Waals surface area contributed by atoms with Crippen LogP contribution < -0.4 is 14.6 Å². The summed E-state index contributed by atoms with van der Waals surface area (Å²) in [6.45, 7) is 0. The first-order valence-corrected chi connectivity index (χ1v) is 11.5. The van der Waals surface area contributed by atoms with Crippen molar-refractivity contribution in [3.8, 4) is 17.2 Å². The third-order valence-corrected chi connectivity index (χ3v) is 6.27. The third kappa shape index (κ3) is 5.68. The van der Waals surface area contributed by atoms with Gasteiger partial charge in [-0.2, -0.15) is 8.42 Å². The maximum atomic E-state index is 14.7. The van der Waals surface area contributed by atoms with Gasteiger partial charge in [-0.25, -0.2) is 0 Å². The topological polar surface area (TPSA) is 133 Å². The number of carbonyl (C=O) groups is 2. The Bertz CT molecular complexity index is 1330. The SMILES string of the molecule is O=C(O)CC(=O)Nc1cc(Cl)c(Oc2ccc(O)c(S(=O)(=O)N(F)c3ccccc3)c2)c(Cl)c1. The maximum absolute atomic E-state index is 14.7. The van der Waals surface area contributed by atoms with Crippen molar-refractivity contribution < 1.29 is 37.4 Å². The van der Waals surface area contributed by atoms with Crippen LogP contribution in [0.4, 0.5) is 15.9 Å². The summed E-state index contributed by atoms with van der Waals surface area (Å²) < 4.78 is 45.2. The van der Waals surface area contributed by atoms with E-state index in [0.717, 1.165) is 12.1 Å². The number of phenols is 1. The number of sulfonamides is 1. The van der Waals surface area contributed by atoms with Crippen molar-refractivity contribution in [1.82, 2.24) is 0 Å². The third-order valence-electron chi connectivity index (χ3n) is 4.19. The molecule has 0 atom stereocenters. The van der Waals surface area contributed by atoms with Gasteiger partial charge in [0.05, 0.1) is 15.7 Å². The molecule has 0 unspecified atom stereocenters. The van der Waals surface area contributed by atoms with E-state index in [1.54, 1.807) is 6.07 Å². The molecule has 0 aliphatic rings. The number of halogens is 3. The van der Waals surface area contributed by atoms with Crippen molar-refractivity contribution in [2.45, 2.75) is 11.3 Å². The van der Waals surface area contributed by atoms with Crippen LogP contribution >= 0.6 is 23.2 Å². The largest absolute Gasteiger partial charge is 0.507 e. The van der Waals surface area contributed by atoms with E-state index >= 15 is 0 Å². The summed E-state index contributed by atoms with van der Waals surface area (Å²) in [5, 5.41) is 20.8. The second kappa shape index (κ2) is 10.2. The summed E-state index contributed by atoms with van der Waals surface area (Å²) in [7, 11) is -4.81. The van der Waals surface area contributed by atoms with Crippen molar-refractivity contribution >= 4 is 56.5 Å². The average Bonchev–Trinajstić information content (AvgIpc) is 2.76. The second-order valence-corrected chi connectivity index (χ2v) is 9.20. The number of hydrogen-bond donors (Lipinski definition) is 3. The number of amides is 1. The molecular weight excluding hydrogens is 514 g/mol. The molecule has 0 bridgehead atoms. The van der Waals surface area contributed by atoms with Gasteiger partial charge in [0, 0.05) is 11.8 Å². The number of rotatable bonds is 8. The predicted octanol–water partition coefficient (Wildman–Crippen LogP) is 4.98. The molecule has 1 amide bonds. The number of hydrogen-bond acceptors (Lipinski definition) is 6. The number of carboxylic acids is 1. The first kappa shape index (κ1) is 25.1. The highest BCUT2D eigenvalue weighted by molar-refractivity contribution is 7.92. The molecule has 0 aromatic heterocycles. The van der Waals surface area contributed by atoms with Crippen LogP contribution in [-0.4, -0.2) is 30.5 Å². The molecule has 0 saturated heterocycles. The molecule has 0 radical (unpaired) electrons. The first-order valence-electron chi connectivity index (χ1n) is 9.26. The van der Waals surface area contributed by atoms with E-state index in [0.29, 0.717) is 0 Å². The van der Waals surface area contributed by atoms with Crippen molar-refractivity contribution in [3.05, 3.63) is 70.7 Å². The average molecular weight is 529 g/mol. The van der Waals surface area contributed by atoms with Gasteiger partial charge in [-0.1, -0.05) is 50.4 Å². The number of ether oxygens (including phenoxy) is 1. The molecule has 3 N–H and O–H groups in total. The Kier molecular flexibility index (Phi) is 7.50. The fourth-order valence-corrected chi connectivity index (χ4v) is 4.46. The van der Waals surface area contributed by atoms with E-state index in [9.17, 15) is 27.6 Å². The number of carboxylic acid groups (broad SMARTS) is 1. The van der Waals surface area contributed by atoms with Crippen molar-refractivity contribution in [3.63, 3.8) is 0 Å². The van der Waals surface area contributed by atoms with Crippen LogP contribution in [0.5, 0.6) is 17.2 Å². The zero-order valence-electron chi connectivity index (χ0n) is 16.9. The van der Waals surface area contributed by atoms with Crippen LogP contribution in [0.25, 0.3) is 0 Å². The minimum absolute atomic E-state index is 0.0958. The van der Waals surface area contributed by atoms with Crippen LogP contribution in [0.1, 0.15) is 6.42 Å². The molecule has 0 aliphatic carbocycles. The minimum atomic E-state index is -4.81. The Hall–Kier alpha value is -3.54. The fraction of sp³-hybridized carbons (Fsp3) is 0.0476. The molecule has 0 spiro atoms. The molecule has 0 saturated carbocycles. The lowest BCUT2D eigenvalue weighted by molar-refractivity contribution is -0.139. The smallest absolute Gasteiger partial charge is 0.312 e. The Morgan fingerprint density at radius 1 is 1.03 bits per heavy atom. The minimum Gasteiger partial charge on any atom is -0.507 e. The molecular formula is C21H15Cl2FN2O7S. The second-order valence-electron chi connectivity index (χ2n) is 6.67. The number of benzene rings is 3. The Morgan fingerprint density at radius 3 is 2.24 bits per heavy atom. The van der Waals surface area contributed by atoms with Crippen LogP contribution in [0, 0.1) is 0 Å². The van der Waals surface area contributed by atoms with Crippen LogP contribution in [0.3, 0.4) is 0 Å².